The smallest absolute Gasteiger partial charge is 0.263 e. The van der Waals surface area contributed by atoms with Gasteiger partial charge in [0.15, 0.2) is 6.61 Å². The summed E-state index contributed by atoms with van der Waals surface area (Å²) in [6, 6.07) is 15.6. The molecule has 0 aliphatic heterocycles. The van der Waals surface area contributed by atoms with Gasteiger partial charge in [0.05, 0.1) is 11.1 Å². The molecule has 3 nitrogen and oxygen atoms in total. The highest BCUT2D eigenvalue weighted by Gasteiger charge is 2.14. The van der Waals surface area contributed by atoms with Gasteiger partial charge in [-0.3, -0.25) is 9.36 Å². The van der Waals surface area contributed by atoms with Crippen LogP contribution in [0.3, 0.4) is 0 Å². The highest BCUT2D eigenvalue weighted by molar-refractivity contribution is 5.85. The van der Waals surface area contributed by atoms with Gasteiger partial charge in [0.1, 0.15) is 5.69 Å². The van der Waals surface area contributed by atoms with Crippen LogP contribution in [0.25, 0.3) is 16.5 Å². The SMILES string of the molecule is Cc1ccccc1-n1c(C[OH2+])cc2cccc(C)c2c1=O. The lowest BCUT2D eigenvalue weighted by molar-refractivity contribution is 0.273. The van der Waals surface area contributed by atoms with E-state index in [0.717, 1.165) is 27.6 Å². The van der Waals surface area contributed by atoms with Crippen molar-refractivity contribution in [2.45, 2.75) is 20.5 Å². The predicted molar refractivity (Wildman–Crippen MR) is 86.3 cm³/mol. The van der Waals surface area contributed by atoms with E-state index in [4.69, 9.17) is 5.11 Å². The number of pyridine rings is 1. The summed E-state index contributed by atoms with van der Waals surface area (Å²) in [7, 11) is 0. The largest absolute Gasteiger partial charge is 0.441 e. The molecule has 0 fully saturated rings. The van der Waals surface area contributed by atoms with E-state index in [1.807, 2.05) is 62.4 Å². The molecule has 0 aliphatic carbocycles. The van der Waals surface area contributed by atoms with Crippen LogP contribution < -0.4 is 5.56 Å². The maximum Gasteiger partial charge on any atom is 0.263 e. The number of para-hydroxylation sites is 1. The number of aromatic nitrogens is 1. The van der Waals surface area contributed by atoms with Crippen molar-refractivity contribution in [1.82, 2.24) is 4.57 Å². The maximum atomic E-state index is 13.0. The third-order valence-corrected chi connectivity index (χ3v) is 3.87. The third kappa shape index (κ3) is 2.16. The zero-order valence-corrected chi connectivity index (χ0v) is 12.2. The number of hydrogen-bond acceptors (Lipinski definition) is 1. The van der Waals surface area contributed by atoms with Gasteiger partial charge in [-0.1, -0.05) is 36.4 Å². The molecule has 3 aromatic rings. The van der Waals surface area contributed by atoms with Gasteiger partial charge < -0.3 is 5.11 Å². The topological polar surface area (TPSA) is 44.9 Å². The Morgan fingerprint density at radius 2 is 1.71 bits per heavy atom. The van der Waals surface area contributed by atoms with E-state index in [9.17, 15) is 4.79 Å². The molecule has 2 N–H and O–H groups in total. The molecule has 1 heterocycles. The average Bonchev–Trinajstić information content (AvgIpc) is 2.48. The summed E-state index contributed by atoms with van der Waals surface area (Å²) in [6.45, 7) is 4.01. The summed E-state index contributed by atoms with van der Waals surface area (Å²) in [5, 5.41) is 9.41. The number of nitrogens with zero attached hydrogens (tertiary/aromatic N) is 1. The van der Waals surface area contributed by atoms with Gasteiger partial charge in [-0.25, -0.2) is 0 Å². The second kappa shape index (κ2) is 5.19. The monoisotopic (exact) mass is 280 g/mol. The van der Waals surface area contributed by atoms with E-state index >= 15 is 0 Å². The molecular weight excluding hydrogens is 262 g/mol. The number of benzene rings is 2. The Morgan fingerprint density at radius 1 is 1.00 bits per heavy atom. The molecule has 0 unspecified atom stereocenters. The average molecular weight is 280 g/mol. The maximum absolute atomic E-state index is 13.0. The fourth-order valence-corrected chi connectivity index (χ4v) is 2.80. The molecule has 0 saturated heterocycles. The van der Waals surface area contributed by atoms with E-state index in [1.165, 1.54) is 0 Å². The van der Waals surface area contributed by atoms with Crippen molar-refractivity contribution < 1.29 is 5.11 Å². The Bertz CT molecular complexity index is 878. The lowest BCUT2D eigenvalue weighted by atomic mass is 10.1. The van der Waals surface area contributed by atoms with Gasteiger partial charge in [0.25, 0.3) is 5.56 Å². The molecular formula is C18H18NO2+. The number of aryl methyl sites for hydroxylation is 2. The Morgan fingerprint density at radius 3 is 2.43 bits per heavy atom. The minimum atomic E-state index is -0.0397. The zero-order valence-electron chi connectivity index (χ0n) is 12.2. The normalized spacial score (nSPS) is 11.0. The van der Waals surface area contributed by atoms with Crippen molar-refractivity contribution in [2.24, 2.45) is 0 Å². The molecule has 0 bridgehead atoms. The van der Waals surface area contributed by atoms with Crippen LogP contribution in [0.1, 0.15) is 16.8 Å². The van der Waals surface area contributed by atoms with E-state index in [1.54, 1.807) is 4.57 Å². The van der Waals surface area contributed by atoms with Crippen molar-refractivity contribution >= 4 is 10.8 Å². The van der Waals surface area contributed by atoms with Crippen molar-refractivity contribution in [2.75, 3.05) is 0 Å². The minimum absolute atomic E-state index is 0.0397. The van der Waals surface area contributed by atoms with Gasteiger partial charge >= 0.3 is 0 Å². The van der Waals surface area contributed by atoms with E-state index in [-0.39, 0.29) is 12.2 Å². The van der Waals surface area contributed by atoms with Crippen LogP contribution in [-0.2, 0) is 6.61 Å². The first kappa shape index (κ1) is 13.6. The molecule has 0 spiro atoms. The zero-order chi connectivity index (χ0) is 15.0. The van der Waals surface area contributed by atoms with Crippen molar-refractivity contribution in [3.05, 3.63) is 75.7 Å². The van der Waals surface area contributed by atoms with Crippen molar-refractivity contribution in [3.8, 4) is 5.69 Å². The van der Waals surface area contributed by atoms with Gasteiger partial charge in [-0.2, -0.15) is 0 Å². The van der Waals surface area contributed by atoms with Crippen LogP contribution in [0, 0.1) is 13.8 Å². The predicted octanol–water partition coefficient (Wildman–Crippen LogP) is 2.83. The first-order valence-corrected chi connectivity index (χ1v) is 6.98. The highest BCUT2D eigenvalue weighted by atomic mass is 16.3. The van der Waals surface area contributed by atoms with Crippen LogP contribution >= 0.6 is 0 Å². The van der Waals surface area contributed by atoms with E-state index in [2.05, 4.69) is 0 Å². The van der Waals surface area contributed by atoms with Gasteiger partial charge in [0, 0.05) is 0 Å². The Hall–Kier alpha value is -2.39. The minimum Gasteiger partial charge on any atom is -0.441 e. The van der Waals surface area contributed by atoms with Crippen LogP contribution in [0.2, 0.25) is 0 Å². The summed E-state index contributed by atoms with van der Waals surface area (Å²) in [6.07, 6.45) is 0. The molecule has 1 aromatic heterocycles. The number of rotatable bonds is 2. The fraction of sp³-hybridized carbons (Fsp3) is 0.167. The molecule has 0 aliphatic rings. The molecule has 3 heteroatoms. The van der Waals surface area contributed by atoms with Crippen LogP contribution in [0.4, 0.5) is 0 Å². The molecule has 3 rings (SSSR count). The van der Waals surface area contributed by atoms with Gasteiger partial charge in [0.2, 0.25) is 0 Å². The lowest BCUT2D eigenvalue weighted by Crippen LogP contribution is -2.23. The first-order chi connectivity index (χ1) is 10.1. The van der Waals surface area contributed by atoms with Gasteiger partial charge in [-0.15, -0.1) is 0 Å². The van der Waals surface area contributed by atoms with Crippen LogP contribution in [0.15, 0.2) is 53.3 Å². The molecule has 106 valence electrons. The van der Waals surface area contributed by atoms with Gasteiger partial charge in [-0.05, 0) is 42.5 Å². The molecule has 0 amide bonds. The van der Waals surface area contributed by atoms with Crippen molar-refractivity contribution in [1.29, 1.82) is 0 Å². The summed E-state index contributed by atoms with van der Waals surface area (Å²) in [5.41, 5.74) is 3.53. The fourth-order valence-electron chi connectivity index (χ4n) is 2.80. The van der Waals surface area contributed by atoms with Crippen LogP contribution in [0.5, 0.6) is 0 Å². The molecule has 0 radical (unpaired) electrons. The Kier molecular flexibility index (Phi) is 3.35. The number of fused-ring (bicyclic) bond motifs is 1. The number of hydrogen-bond donors (Lipinski definition) is 0. The Balaban J connectivity index is 2.48. The molecule has 0 atom stereocenters. The summed E-state index contributed by atoms with van der Waals surface area (Å²) >= 11 is 0. The second-order valence-electron chi connectivity index (χ2n) is 5.28. The lowest BCUT2D eigenvalue weighted by Gasteiger charge is -2.14. The summed E-state index contributed by atoms with van der Waals surface area (Å²) < 4.78 is 1.68. The van der Waals surface area contributed by atoms with E-state index < -0.39 is 0 Å². The van der Waals surface area contributed by atoms with Crippen molar-refractivity contribution in [3.63, 3.8) is 0 Å². The molecule has 2 aromatic carbocycles. The van der Waals surface area contributed by atoms with E-state index in [0.29, 0.717) is 5.69 Å². The standard InChI is InChI=1S/C18H17NO2/c1-12-6-3-4-9-16(12)19-15(11-20)10-14-8-5-7-13(2)17(14)18(19)21/h3-10,20H,11H2,1-2H3/p+1. The van der Waals surface area contributed by atoms with Crippen LogP contribution in [-0.4, -0.2) is 9.67 Å². The Labute approximate surface area is 123 Å². The quantitative estimate of drug-likeness (QED) is 0.666. The molecule has 21 heavy (non-hydrogen) atoms. The third-order valence-electron chi connectivity index (χ3n) is 3.87. The summed E-state index contributed by atoms with van der Waals surface area (Å²) in [5.74, 6) is 0. The first-order valence-electron chi connectivity index (χ1n) is 6.98. The highest BCUT2D eigenvalue weighted by Crippen LogP contribution is 2.20. The summed E-state index contributed by atoms with van der Waals surface area (Å²) in [4.78, 5) is 13.0. The second-order valence-corrected chi connectivity index (χ2v) is 5.28. The molecule has 0 saturated carbocycles.